The quantitative estimate of drug-likeness (QED) is 0.503. The van der Waals surface area contributed by atoms with Crippen LogP contribution in [0.4, 0.5) is 0 Å². The highest BCUT2D eigenvalue weighted by Crippen LogP contribution is 2.18. The van der Waals surface area contributed by atoms with Crippen molar-refractivity contribution in [3.05, 3.63) is 28.8 Å². The molecule has 0 nitrogen and oxygen atoms in total. The molecule has 0 atom stereocenters. The van der Waals surface area contributed by atoms with Crippen molar-refractivity contribution in [2.45, 2.75) is 78.8 Å². The summed E-state index contributed by atoms with van der Waals surface area (Å²) in [5, 5.41) is 1.56. The molecule has 0 amide bonds. The first kappa shape index (κ1) is 19.3. The van der Waals surface area contributed by atoms with Gasteiger partial charge < -0.3 is 0 Å². The molecule has 0 unspecified atom stereocenters. The van der Waals surface area contributed by atoms with Crippen molar-refractivity contribution in [3.63, 3.8) is 0 Å². The van der Waals surface area contributed by atoms with Gasteiger partial charge in [-0.3, -0.25) is 0 Å². The molecule has 1 aromatic carbocycles. The van der Waals surface area contributed by atoms with Crippen LogP contribution in [-0.2, 0) is 12.8 Å². The fourth-order valence-electron chi connectivity index (χ4n) is 2.67. The van der Waals surface area contributed by atoms with Crippen LogP contribution in [0.25, 0.3) is 0 Å². The van der Waals surface area contributed by atoms with Crippen molar-refractivity contribution in [2.75, 3.05) is 0 Å². The molecule has 0 aliphatic heterocycles. The molecule has 0 N–H and O–H groups in total. The summed E-state index contributed by atoms with van der Waals surface area (Å²) in [7, 11) is -2.70. The molecule has 1 aromatic rings. The summed E-state index contributed by atoms with van der Waals surface area (Å²) >= 11 is 0. The second kappa shape index (κ2) is 7.66. The molecule has 0 saturated carbocycles. The van der Waals surface area contributed by atoms with E-state index in [0.29, 0.717) is 0 Å². The maximum Gasteiger partial charge on any atom is 0.129 e. The van der Waals surface area contributed by atoms with Gasteiger partial charge in [0.2, 0.25) is 0 Å². The van der Waals surface area contributed by atoms with E-state index < -0.39 is 16.1 Å². The average Bonchev–Trinajstić information content (AvgIpc) is 2.37. The zero-order valence-electron chi connectivity index (χ0n) is 16.0. The largest absolute Gasteiger partial charge is 0.129 e. The highest BCUT2D eigenvalue weighted by atomic mass is 28.3. The van der Waals surface area contributed by atoms with Crippen molar-refractivity contribution in [2.24, 2.45) is 0 Å². The third-order valence-corrected chi connectivity index (χ3v) is 6.66. The van der Waals surface area contributed by atoms with Gasteiger partial charge in [-0.1, -0.05) is 78.0 Å². The number of hydrogen-bond acceptors (Lipinski definition) is 0. The third-order valence-electron chi connectivity index (χ3n) is 3.76. The Labute approximate surface area is 140 Å². The molecule has 22 heavy (non-hydrogen) atoms. The Balaban J connectivity index is 3.50. The smallest absolute Gasteiger partial charge is 0.127 e. The average molecular weight is 331 g/mol. The Kier molecular flexibility index (Phi) is 6.71. The molecule has 0 aliphatic carbocycles. The molecule has 2 heteroatoms. The van der Waals surface area contributed by atoms with Crippen LogP contribution in [0.1, 0.15) is 43.4 Å². The zero-order chi connectivity index (χ0) is 17.0. The minimum atomic E-state index is -1.37. The maximum absolute atomic E-state index is 3.58. The van der Waals surface area contributed by atoms with Gasteiger partial charge in [0.15, 0.2) is 0 Å². The van der Waals surface area contributed by atoms with Gasteiger partial charge in [-0.25, -0.2) is 0 Å². The van der Waals surface area contributed by atoms with E-state index in [0.717, 1.165) is 0 Å². The van der Waals surface area contributed by atoms with E-state index in [2.05, 4.69) is 76.7 Å². The summed E-state index contributed by atoms with van der Waals surface area (Å²) in [5.74, 6) is 3.57. The molecule has 0 fully saturated rings. The number of hydrogen-bond donors (Lipinski definition) is 0. The topological polar surface area (TPSA) is 0 Å². The molecule has 122 valence electrons. The van der Waals surface area contributed by atoms with Crippen LogP contribution in [-0.4, -0.2) is 16.1 Å². The Bertz CT molecular complexity index is 560. The van der Waals surface area contributed by atoms with Gasteiger partial charge in [-0.15, -0.1) is 5.54 Å². The lowest BCUT2D eigenvalue weighted by atomic mass is 9.97. The van der Waals surface area contributed by atoms with Gasteiger partial charge in [0.25, 0.3) is 0 Å². The molecule has 0 spiro atoms. The Hall–Kier alpha value is -0.786. The molecule has 0 heterocycles. The Morgan fingerprint density at radius 1 is 0.818 bits per heavy atom. The van der Waals surface area contributed by atoms with Gasteiger partial charge in [-0.05, 0) is 35.2 Å². The summed E-state index contributed by atoms with van der Waals surface area (Å²) in [6.07, 6.45) is 4.82. The normalized spacial score (nSPS) is 12.0. The summed E-state index contributed by atoms with van der Waals surface area (Å²) in [4.78, 5) is 0. The summed E-state index contributed by atoms with van der Waals surface area (Å²) in [5.41, 5.74) is 8.01. The minimum absolute atomic E-state index is 1.18. The molecule has 0 radical (unpaired) electrons. The van der Waals surface area contributed by atoms with E-state index in [-0.39, 0.29) is 0 Å². The zero-order valence-corrected chi connectivity index (χ0v) is 18.0. The fourth-order valence-corrected chi connectivity index (χ4v) is 4.73. The number of rotatable bonds is 5. The van der Waals surface area contributed by atoms with Crippen molar-refractivity contribution < 1.29 is 0 Å². The Morgan fingerprint density at radius 3 is 1.73 bits per heavy atom. The van der Waals surface area contributed by atoms with Crippen molar-refractivity contribution in [1.82, 2.24) is 0 Å². The Morgan fingerprint density at radius 2 is 1.32 bits per heavy atom. The molecular weight excluding hydrogens is 296 g/mol. The van der Waals surface area contributed by atoms with Crippen LogP contribution in [0.15, 0.2) is 12.1 Å². The molecule has 0 bridgehead atoms. The standard InChI is InChI=1S/C20H34Si2/c1-9-11-17-15-19(13-14-21(3,4)5)20(22(6,7)8)16-18(17)12-10-2/h15-16H,9-12H2,1-8H3. The van der Waals surface area contributed by atoms with Crippen LogP contribution in [0.3, 0.4) is 0 Å². The van der Waals surface area contributed by atoms with Crippen LogP contribution >= 0.6 is 0 Å². The first-order chi connectivity index (χ1) is 10.1. The highest BCUT2D eigenvalue weighted by Gasteiger charge is 2.21. The predicted molar refractivity (Wildman–Crippen MR) is 108 cm³/mol. The maximum atomic E-state index is 3.58. The number of aryl methyl sites for hydroxylation is 2. The van der Waals surface area contributed by atoms with Gasteiger partial charge in [0, 0.05) is 5.56 Å². The van der Waals surface area contributed by atoms with Crippen LogP contribution in [0.2, 0.25) is 39.3 Å². The van der Waals surface area contributed by atoms with Crippen molar-refractivity contribution in [1.29, 1.82) is 0 Å². The molecule has 0 aromatic heterocycles. The lowest BCUT2D eigenvalue weighted by molar-refractivity contribution is 0.861. The SMILES string of the molecule is CCCc1cc(C#C[Si](C)(C)C)c([Si](C)(C)C)cc1CCC. The molecule has 0 aliphatic rings. The molecule has 1 rings (SSSR count). The lowest BCUT2D eigenvalue weighted by Crippen LogP contribution is -2.40. The van der Waals surface area contributed by atoms with Crippen LogP contribution in [0.5, 0.6) is 0 Å². The van der Waals surface area contributed by atoms with E-state index in [1.54, 1.807) is 10.8 Å². The highest BCUT2D eigenvalue weighted by molar-refractivity contribution is 6.89. The van der Waals surface area contributed by atoms with E-state index >= 15 is 0 Å². The monoisotopic (exact) mass is 330 g/mol. The van der Waals surface area contributed by atoms with E-state index in [9.17, 15) is 0 Å². The van der Waals surface area contributed by atoms with Crippen LogP contribution < -0.4 is 5.19 Å². The first-order valence-corrected chi connectivity index (χ1v) is 15.8. The first-order valence-electron chi connectivity index (χ1n) is 8.78. The van der Waals surface area contributed by atoms with Gasteiger partial charge in [0.1, 0.15) is 8.07 Å². The van der Waals surface area contributed by atoms with Crippen LogP contribution in [0, 0.1) is 11.5 Å². The lowest BCUT2D eigenvalue weighted by Gasteiger charge is -2.22. The summed E-state index contributed by atoms with van der Waals surface area (Å²) in [6, 6.07) is 4.93. The fraction of sp³-hybridized carbons (Fsp3) is 0.600. The summed E-state index contributed by atoms with van der Waals surface area (Å²) < 4.78 is 0. The predicted octanol–water partition coefficient (Wildman–Crippen LogP) is 5.37. The third kappa shape index (κ3) is 5.78. The second-order valence-electron chi connectivity index (χ2n) is 8.42. The van der Waals surface area contributed by atoms with Crippen molar-refractivity contribution in [3.8, 4) is 11.5 Å². The van der Waals surface area contributed by atoms with Gasteiger partial charge in [0.05, 0.1) is 8.07 Å². The molecular formula is C20H34Si2. The van der Waals surface area contributed by atoms with Crippen molar-refractivity contribution >= 4 is 21.3 Å². The minimum Gasteiger partial charge on any atom is -0.127 e. The summed E-state index contributed by atoms with van der Waals surface area (Å²) in [6.45, 7) is 18.9. The van der Waals surface area contributed by atoms with E-state index in [1.165, 1.54) is 36.8 Å². The number of benzene rings is 1. The second-order valence-corrected chi connectivity index (χ2v) is 18.2. The van der Waals surface area contributed by atoms with E-state index in [4.69, 9.17) is 0 Å². The molecule has 0 saturated heterocycles. The van der Waals surface area contributed by atoms with Gasteiger partial charge in [-0.2, -0.15) is 0 Å². The van der Waals surface area contributed by atoms with Gasteiger partial charge >= 0.3 is 0 Å². The van der Waals surface area contributed by atoms with E-state index in [1.807, 2.05) is 0 Å².